The Hall–Kier alpha value is -2.37. The molecule has 40 heavy (non-hydrogen) atoms. The highest BCUT2D eigenvalue weighted by molar-refractivity contribution is 5.56. The third-order valence-corrected chi connectivity index (χ3v) is 4.83. The summed E-state index contributed by atoms with van der Waals surface area (Å²) in [5.41, 5.74) is 2.29. The number of halogens is 1. The molecule has 1 aliphatic carbocycles. The molecule has 232 valence electrons. The molecular formula is C34H63FN4O. The number of hydrogen-bond donors (Lipinski definition) is 0. The molecule has 0 amide bonds. The van der Waals surface area contributed by atoms with Gasteiger partial charge in [-0.1, -0.05) is 83.1 Å². The Morgan fingerprint density at radius 3 is 1.82 bits per heavy atom. The minimum Gasteiger partial charge on any atom is -0.472 e. The Kier molecular flexibility index (Phi) is 26.9. The summed E-state index contributed by atoms with van der Waals surface area (Å²) in [5.74, 6) is 1.95. The van der Waals surface area contributed by atoms with Crippen molar-refractivity contribution in [2.45, 2.75) is 136 Å². The van der Waals surface area contributed by atoms with E-state index in [-0.39, 0.29) is 17.8 Å². The van der Waals surface area contributed by atoms with Crippen molar-refractivity contribution in [2.24, 2.45) is 22.2 Å². The lowest BCUT2D eigenvalue weighted by atomic mass is 9.97. The summed E-state index contributed by atoms with van der Waals surface area (Å²) in [7, 11) is 0. The zero-order chi connectivity index (χ0) is 31.7. The zero-order valence-corrected chi connectivity index (χ0v) is 28.7. The van der Waals surface area contributed by atoms with Crippen LogP contribution in [0.15, 0.2) is 29.6 Å². The topological polar surface area (TPSA) is 60.3 Å². The van der Waals surface area contributed by atoms with E-state index < -0.39 is 0 Å². The summed E-state index contributed by atoms with van der Waals surface area (Å²) in [6.07, 6.45) is 11.8. The van der Waals surface area contributed by atoms with E-state index in [1.807, 2.05) is 80.9 Å². The maximum absolute atomic E-state index is 13.3. The van der Waals surface area contributed by atoms with Crippen molar-refractivity contribution in [1.29, 1.82) is 0 Å². The van der Waals surface area contributed by atoms with Gasteiger partial charge in [-0.25, -0.2) is 19.3 Å². The molecule has 0 aliphatic heterocycles. The minimum absolute atomic E-state index is 0.0831. The molecule has 0 radical (unpaired) electrons. The molecule has 5 nitrogen and oxygen atoms in total. The summed E-state index contributed by atoms with van der Waals surface area (Å²) in [6, 6.07) is 1.45. The second-order valence-electron chi connectivity index (χ2n) is 10.7. The van der Waals surface area contributed by atoms with Gasteiger partial charge in [-0.05, 0) is 80.7 Å². The van der Waals surface area contributed by atoms with Crippen LogP contribution in [0.1, 0.15) is 126 Å². The molecule has 0 N–H and O–H groups in total. The molecule has 2 heterocycles. The van der Waals surface area contributed by atoms with Gasteiger partial charge in [-0.3, -0.25) is 4.99 Å². The molecule has 0 aromatic carbocycles. The predicted molar refractivity (Wildman–Crippen MR) is 174 cm³/mol. The first-order chi connectivity index (χ1) is 18.9. The maximum Gasteiger partial charge on any atom is 0.250 e. The molecule has 2 aromatic heterocycles. The van der Waals surface area contributed by atoms with Crippen molar-refractivity contribution in [2.75, 3.05) is 6.54 Å². The van der Waals surface area contributed by atoms with Gasteiger partial charge in [0.05, 0.1) is 0 Å². The van der Waals surface area contributed by atoms with Crippen molar-refractivity contribution >= 4 is 6.21 Å². The number of rotatable bonds is 7. The molecule has 1 aliphatic rings. The first kappa shape index (κ1) is 42.1. The highest BCUT2D eigenvalue weighted by atomic mass is 19.1. The monoisotopic (exact) mass is 562 g/mol. The van der Waals surface area contributed by atoms with Gasteiger partial charge < -0.3 is 4.74 Å². The fourth-order valence-electron chi connectivity index (χ4n) is 2.80. The van der Waals surface area contributed by atoms with Gasteiger partial charge in [0.25, 0.3) is 5.88 Å². The van der Waals surface area contributed by atoms with Crippen LogP contribution in [-0.4, -0.2) is 33.8 Å². The van der Waals surface area contributed by atoms with Crippen molar-refractivity contribution in [3.63, 3.8) is 0 Å². The predicted octanol–water partition coefficient (Wildman–Crippen LogP) is 10.3. The van der Waals surface area contributed by atoms with Crippen LogP contribution in [0, 0.1) is 36.9 Å². The first-order valence-electron chi connectivity index (χ1n) is 15.5. The van der Waals surface area contributed by atoms with E-state index in [1.54, 1.807) is 6.20 Å². The van der Waals surface area contributed by atoms with E-state index in [1.165, 1.54) is 18.9 Å². The Morgan fingerprint density at radius 2 is 1.43 bits per heavy atom. The average Bonchev–Trinajstić information content (AvgIpc) is 3.77. The molecule has 1 atom stereocenters. The Morgan fingerprint density at radius 1 is 0.925 bits per heavy atom. The Balaban J connectivity index is -0.000000479. The molecule has 6 heteroatoms. The van der Waals surface area contributed by atoms with E-state index in [0.29, 0.717) is 17.3 Å². The molecule has 1 saturated carbocycles. The fourth-order valence-corrected chi connectivity index (χ4v) is 2.80. The lowest BCUT2D eigenvalue weighted by Crippen LogP contribution is -2.15. The standard InChI is InChI=1S/C11H14FNO.C9H14N2.C8H17N.3C2H6/c1-7-5-10(12)11(13-6-7)14-8(2)9-3-4-9;1-7(2)4-9-10-5-8(3)6-11-9;1-5-6-9-7-8(2,3)4;3*1-2/h5-6,8-9H,3-4H2,1-2H3;5-7H,4H2,1-3H3;6H,5,7H2,1-4H3;3*1-2H3. The largest absolute Gasteiger partial charge is 0.472 e. The van der Waals surface area contributed by atoms with E-state index in [0.717, 1.165) is 36.3 Å². The molecule has 0 bridgehead atoms. The molecule has 1 unspecified atom stereocenters. The number of pyridine rings is 1. The van der Waals surface area contributed by atoms with Crippen LogP contribution < -0.4 is 4.74 Å². The van der Waals surface area contributed by atoms with Gasteiger partial charge in [0.2, 0.25) is 0 Å². The zero-order valence-electron chi connectivity index (χ0n) is 28.7. The summed E-state index contributed by atoms with van der Waals surface area (Å²) in [6.45, 7) is 31.8. The molecule has 1 fully saturated rings. The van der Waals surface area contributed by atoms with E-state index in [4.69, 9.17) is 4.74 Å². The second kappa shape index (κ2) is 25.6. The number of aliphatic imine (C=N–C) groups is 1. The second-order valence-corrected chi connectivity index (χ2v) is 10.7. The van der Waals surface area contributed by atoms with Gasteiger partial charge >= 0.3 is 0 Å². The fraction of sp³-hybridized carbons (Fsp3) is 0.706. The highest BCUT2D eigenvalue weighted by Gasteiger charge is 2.30. The molecule has 0 saturated heterocycles. The quantitative estimate of drug-likeness (QED) is 0.315. The van der Waals surface area contributed by atoms with Crippen LogP contribution in [0.25, 0.3) is 0 Å². The number of ether oxygens (including phenoxy) is 1. The van der Waals surface area contributed by atoms with Crippen molar-refractivity contribution in [3.05, 3.63) is 47.4 Å². The van der Waals surface area contributed by atoms with Crippen LogP contribution in [0.2, 0.25) is 0 Å². The normalized spacial score (nSPS) is 12.5. The summed E-state index contributed by atoms with van der Waals surface area (Å²) in [4.78, 5) is 16.6. The van der Waals surface area contributed by atoms with Crippen molar-refractivity contribution in [1.82, 2.24) is 15.0 Å². The third-order valence-electron chi connectivity index (χ3n) is 4.83. The summed E-state index contributed by atoms with van der Waals surface area (Å²) in [5, 5.41) is 0. The average molecular weight is 563 g/mol. The van der Waals surface area contributed by atoms with Crippen LogP contribution >= 0.6 is 0 Å². The van der Waals surface area contributed by atoms with Crippen molar-refractivity contribution < 1.29 is 9.13 Å². The molecule has 3 rings (SSSR count). The van der Waals surface area contributed by atoms with E-state index >= 15 is 0 Å². The number of aromatic nitrogens is 3. The highest BCUT2D eigenvalue weighted by Crippen LogP contribution is 2.34. The smallest absolute Gasteiger partial charge is 0.250 e. The summed E-state index contributed by atoms with van der Waals surface area (Å²) >= 11 is 0. The van der Waals surface area contributed by atoms with Crippen LogP contribution in [0.5, 0.6) is 5.88 Å². The number of hydrogen-bond acceptors (Lipinski definition) is 5. The van der Waals surface area contributed by atoms with Gasteiger partial charge in [-0.2, -0.15) is 0 Å². The first-order valence-corrected chi connectivity index (χ1v) is 15.5. The number of aryl methyl sites for hydroxylation is 2. The Bertz CT molecular complexity index is 857. The molecule has 0 spiro atoms. The van der Waals surface area contributed by atoms with Gasteiger partial charge in [0.1, 0.15) is 11.9 Å². The number of nitrogens with zero attached hydrogens (tertiary/aromatic N) is 4. The third kappa shape index (κ3) is 24.7. The molecular weight excluding hydrogens is 499 g/mol. The van der Waals surface area contributed by atoms with Crippen LogP contribution in [0.3, 0.4) is 0 Å². The van der Waals surface area contributed by atoms with Crippen LogP contribution in [-0.2, 0) is 6.42 Å². The SMILES string of the molecule is CC.CC.CC.CCC=NCC(C)(C)C.Cc1cnc(CC(C)C)nc1.Cc1cnc(OC(C)C2CC2)c(F)c1. The Labute approximate surface area is 247 Å². The van der Waals surface area contributed by atoms with Crippen molar-refractivity contribution in [3.8, 4) is 5.88 Å². The minimum atomic E-state index is -0.363. The maximum atomic E-state index is 13.3. The molecule has 2 aromatic rings. The van der Waals surface area contributed by atoms with Gasteiger partial charge in [0, 0.05) is 31.6 Å². The lowest BCUT2D eigenvalue weighted by Gasteiger charge is -2.13. The van der Waals surface area contributed by atoms with E-state index in [9.17, 15) is 4.39 Å². The van der Waals surface area contributed by atoms with E-state index in [2.05, 4.69) is 61.5 Å². The lowest BCUT2D eigenvalue weighted by molar-refractivity contribution is 0.180. The van der Waals surface area contributed by atoms with Crippen LogP contribution in [0.4, 0.5) is 4.39 Å². The summed E-state index contributed by atoms with van der Waals surface area (Å²) < 4.78 is 18.7. The van der Waals surface area contributed by atoms with Gasteiger partial charge in [0.15, 0.2) is 5.82 Å². The van der Waals surface area contributed by atoms with Gasteiger partial charge in [-0.15, -0.1) is 0 Å².